The number of aromatic nitrogens is 3. The maximum atomic E-state index is 12.3. The summed E-state index contributed by atoms with van der Waals surface area (Å²) in [7, 11) is 3.94. The van der Waals surface area contributed by atoms with Crippen LogP contribution in [0.15, 0.2) is 67.1 Å². The Bertz CT molecular complexity index is 1180. The van der Waals surface area contributed by atoms with Gasteiger partial charge in [-0.05, 0) is 38.4 Å². The Balaban J connectivity index is 1.59. The highest BCUT2D eigenvalue weighted by atomic mass is 16.3. The fraction of sp³-hybridized carbons (Fsp3) is 0.174. The Kier molecular flexibility index (Phi) is 5.45. The first kappa shape index (κ1) is 19.6. The van der Waals surface area contributed by atoms with Crippen LogP contribution in [0.25, 0.3) is 28.2 Å². The number of benzene rings is 2. The van der Waals surface area contributed by atoms with E-state index in [1.54, 1.807) is 42.7 Å². The first-order valence-electron chi connectivity index (χ1n) is 9.67. The van der Waals surface area contributed by atoms with Crippen LogP contribution in [-0.4, -0.2) is 57.5 Å². The molecule has 2 aromatic carbocycles. The fourth-order valence-electron chi connectivity index (χ4n) is 3.20. The molecule has 7 heteroatoms. The van der Waals surface area contributed by atoms with Crippen LogP contribution < -0.4 is 5.32 Å². The van der Waals surface area contributed by atoms with Crippen molar-refractivity contribution in [1.29, 1.82) is 0 Å². The van der Waals surface area contributed by atoms with Crippen molar-refractivity contribution in [3.8, 4) is 28.3 Å². The van der Waals surface area contributed by atoms with Gasteiger partial charge in [-0.1, -0.05) is 24.3 Å². The number of carbonyl (C=O) groups is 1. The number of fused-ring (bicyclic) bond motifs is 1. The second-order valence-corrected chi connectivity index (χ2v) is 7.33. The van der Waals surface area contributed by atoms with Gasteiger partial charge in [0.2, 0.25) is 0 Å². The van der Waals surface area contributed by atoms with E-state index in [2.05, 4.69) is 15.3 Å². The number of hydrogen-bond acceptors (Lipinski definition) is 5. The highest BCUT2D eigenvalue weighted by Crippen LogP contribution is 2.26. The monoisotopic (exact) mass is 401 g/mol. The Morgan fingerprint density at radius 3 is 2.60 bits per heavy atom. The minimum Gasteiger partial charge on any atom is -0.508 e. The number of likely N-dealkylation sites (N-methyl/N-ethyl adjacent to an activating group) is 1. The highest BCUT2D eigenvalue weighted by Gasteiger charge is 2.10. The van der Waals surface area contributed by atoms with Crippen molar-refractivity contribution >= 4 is 11.6 Å². The van der Waals surface area contributed by atoms with Crippen LogP contribution in [0.3, 0.4) is 0 Å². The molecule has 0 spiro atoms. The topological polar surface area (TPSA) is 82.8 Å². The summed E-state index contributed by atoms with van der Waals surface area (Å²) < 4.78 is 1.94. The number of carbonyl (C=O) groups excluding carboxylic acids is 1. The highest BCUT2D eigenvalue weighted by molar-refractivity contribution is 5.94. The Labute approximate surface area is 174 Å². The van der Waals surface area contributed by atoms with E-state index in [-0.39, 0.29) is 11.7 Å². The summed E-state index contributed by atoms with van der Waals surface area (Å²) in [6, 6.07) is 14.4. The number of amides is 1. The van der Waals surface area contributed by atoms with Crippen molar-refractivity contribution in [3.05, 3.63) is 72.7 Å². The summed E-state index contributed by atoms with van der Waals surface area (Å²) in [6.07, 6.45) is 5.38. The molecule has 2 aromatic heterocycles. The van der Waals surface area contributed by atoms with Crippen LogP contribution in [0.2, 0.25) is 0 Å². The largest absolute Gasteiger partial charge is 0.508 e. The Morgan fingerprint density at radius 2 is 1.87 bits per heavy atom. The summed E-state index contributed by atoms with van der Waals surface area (Å²) in [4.78, 5) is 23.2. The molecule has 0 atom stereocenters. The molecule has 4 aromatic rings. The maximum Gasteiger partial charge on any atom is 0.251 e. The lowest BCUT2D eigenvalue weighted by atomic mass is 10.1. The number of phenolic OH excluding ortho intramolecular Hbond substituents is 1. The van der Waals surface area contributed by atoms with Crippen molar-refractivity contribution < 1.29 is 9.90 Å². The van der Waals surface area contributed by atoms with Crippen molar-refractivity contribution in [2.75, 3.05) is 27.2 Å². The zero-order chi connectivity index (χ0) is 21.1. The molecule has 0 fully saturated rings. The van der Waals surface area contributed by atoms with Crippen LogP contribution >= 0.6 is 0 Å². The van der Waals surface area contributed by atoms with E-state index < -0.39 is 0 Å². The fourth-order valence-corrected chi connectivity index (χ4v) is 3.20. The number of aromatic hydroxyl groups is 1. The molecule has 7 nitrogen and oxygen atoms in total. The first-order valence-corrected chi connectivity index (χ1v) is 9.67. The first-order chi connectivity index (χ1) is 14.5. The van der Waals surface area contributed by atoms with Gasteiger partial charge in [-0.2, -0.15) is 0 Å². The number of nitrogens with one attached hydrogen (secondary N) is 1. The van der Waals surface area contributed by atoms with Crippen LogP contribution in [0, 0.1) is 0 Å². The third-order valence-electron chi connectivity index (χ3n) is 4.83. The predicted molar refractivity (Wildman–Crippen MR) is 116 cm³/mol. The molecule has 0 aliphatic carbocycles. The van der Waals surface area contributed by atoms with Gasteiger partial charge in [0.25, 0.3) is 5.91 Å². The molecule has 30 heavy (non-hydrogen) atoms. The van der Waals surface area contributed by atoms with Crippen molar-refractivity contribution in [3.63, 3.8) is 0 Å². The second-order valence-electron chi connectivity index (χ2n) is 7.33. The molecule has 0 bridgehead atoms. The lowest BCUT2D eigenvalue weighted by Crippen LogP contribution is -2.31. The molecule has 0 unspecified atom stereocenters. The lowest BCUT2D eigenvalue weighted by Gasteiger charge is -2.10. The minimum absolute atomic E-state index is 0.0902. The van der Waals surface area contributed by atoms with Crippen LogP contribution in [0.5, 0.6) is 5.75 Å². The quantitative estimate of drug-likeness (QED) is 0.519. The second kappa shape index (κ2) is 8.34. The number of imidazole rings is 1. The zero-order valence-electron chi connectivity index (χ0n) is 16.9. The number of phenols is 1. The summed E-state index contributed by atoms with van der Waals surface area (Å²) >= 11 is 0. The van der Waals surface area contributed by atoms with Gasteiger partial charge in [-0.3, -0.25) is 14.2 Å². The van der Waals surface area contributed by atoms with E-state index in [9.17, 15) is 9.90 Å². The van der Waals surface area contributed by atoms with Gasteiger partial charge >= 0.3 is 0 Å². The van der Waals surface area contributed by atoms with Crippen molar-refractivity contribution in [2.45, 2.75) is 0 Å². The van der Waals surface area contributed by atoms with Crippen LogP contribution in [0.1, 0.15) is 10.4 Å². The Hall–Kier alpha value is -3.71. The molecule has 2 heterocycles. The van der Waals surface area contributed by atoms with E-state index >= 15 is 0 Å². The zero-order valence-corrected chi connectivity index (χ0v) is 16.9. The molecule has 0 aliphatic heterocycles. The average molecular weight is 401 g/mol. The molecular weight excluding hydrogens is 378 g/mol. The van der Waals surface area contributed by atoms with E-state index in [0.29, 0.717) is 17.8 Å². The standard InChI is InChI=1S/C23H23N5O2/c1-27(2)11-10-24-23(30)17-8-6-16(7-9-17)20-15-28-21(13-26-22(28)14-25-20)18-4-3-5-19(29)12-18/h3-9,12-15,29H,10-11H2,1-2H3,(H,24,30). The third-order valence-corrected chi connectivity index (χ3v) is 4.83. The number of rotatable bonds is 6. The van der Waals surface area contributed by atoms with E-state index in [4.69, 9.17) is 0 Å². The van der Waals surface area contributed by atoms with Crippen molar-refractivity contribution in [1.82, 2.24) is 24.6 Å². The summed E-state index contributed by atoms with van der Waals surface area (Å²) in [5.41, 5.74) is 4.72. The van der Waals surface area contributed by atoms with Gasteiger partial charge in [0.05, 0.1) is 23.8 Å². The summed E-state index contributed by atoms with van der Waals surface area (Å²) in [6.45, 7) is 1.39. The molecule has 0 aliphatic rings. The summed E-state index contributed by atoms with van der Waals surface area (Å²) in [5, 5.41) is 12.7. The van der Waals surface area contributed by atoms with Gasteiger partial charge in [-0.25, -0.2) is 4.98 Å². The molecule has 152 valence electrons. The lowest BCUT2D eigenvalue weighted by molar-refractivity contribution is 0.0951. The van der Waals surface area contributed by atoms with Gasteiger partial charge < -0.3 is 15.3 Å². The molecule has 4 rings (SSSR count). The molecule has 0 radical (unpaired) electrons. The molecule has 2 N–H and O–H groups in total. The van der Waals surface area contributed by atoms with Gasteiger partial charge in [-0.15, -0.1) is 0 Å². The normalized spacial score (nSPS) is 11.2. The minimum atomic E-state index is -0.0902. The number of hydrogen-bond donors (Lipinski definition) is 2. The average Bonchev–Trinajstić information content (AvgIpc) is 3.17. The molecular formula is C23H23N5O2. The summed E-state index contributed by atoms with van der Waals surface area (Å²) in [5.74, 6) is 0.115. The molecule has 0 saturated heterocycles. The van der Waals surface area contributed by atoms with Gasteiger partial charge in [0.1, 0.15) is 5.75 Å². The predicted octanol–water partition coefficient (Wildman–Crippen LogP) is 3.06. The van der Waals surface area contributed by atoms with E-state index in [0.717, 1.165) is 29.1 Å². The molecule has 1 amide bonds. The number of nitrogens with zero attached hydrogens (tertiary/aromatic N) is 4. The Morgan fingerprint density at radius 1 is 1.07 bits per heavy atom. The molecule has 0 saturated carbocycles. The van der Waals surface area contributed by atoms with Gasteiger partial charge in [0, 0.05) is 36.0 Å². The third kappa shape index (κ3) is 4.16. The van der Waals surface area contributed by atoms with Crippen LogP contribution in [-0.2, 0) is 0 Å². The van der Waals surface area contributed by atoms with Crippen molar-refractivity contribution in [2.24, 2.45) is 0 Å². The van der Waals surface area contributed by atoms with Crippen LogP contribution in [0.4, 0.5) is 0 Å². The van der Waals surface area contributed by atoms with E-state index in [1.807, 2.05) is 47.8 Å². The maximum absolute atomic E-state index is 12.3. The smallest absolute Gasteiger partial charge is 0.251 e. The SMILES string of the molecule is CN(C)CCNC(=O)c1ccc(-c2cn3c(-c4cccc(O)c4)cnc3cn2)cc1. The van der Waals surface area contributed by atoms with E-state index in [1.165, 1.54) is 0 Å². The van der Waals surface area contributed by atoms with Gasteiger partial charge in [0.15, 0.2) is 5.65 Å².